The van der Waals surface area contributed by atoms with E-state index in [0.29, 0.717) is 0 Å². The first-order valence-corrected chi connectivity index (χ1v) is 7.39. The standard InChI is InChI=1S/C14H29N3/c1-4-13(3)16-5-7-17(8-6-16)14-9-12(2)10-15-11-14/h12-15H,4-11H2,1-3H3. The van der Waals surface area contributed by atoms with Gasteiger partial charge in [0.05, 0.1) is 0 Å². The van der Waals surface area contributed by atoms with Crippen LogP contribution in [-0.4, -0.2) is 61.2 Å². The summed E-state index contributed by atoms with van der Waals surface area (Å²) >= 11 is 0. The molecule has 2 heterocycles. The van der Waals surface area contributed by atoms with Gasteiger partial charge in [-0.1, -0.05) is 13.8 Å². The van der Waals surface area contributed by atoms with Gasteiger partial charge in [0.1, 0.15) is 0 Å². The zero-order chi connectivity index (χ0) is 12.3. The fourth-order valence-electron chi connectivity index (χ4n) is 3.21. The van der Waals surface area contributed by atoms with Crippen molar-refractivity contribution in [3.05, 3.63) is 0 Å². The molecule has 3 nitrogen and oxygen atoms in total. The topological polar surface area (TPSA) is 18.5 Å². The number of nitrogens with one attached hydrogen (secondary N) is 1. The Morgan fingerprint density at radius 1 is 1.18 bits per heavy atom. The van der Waals surface area contributed by atoms with E-state index in [1.165, 1.54) is 52.1 Å². The van der Waals surface area contributed by atoms with Crippen LogP contribution in [-0.2, 0) is 0 Å². The molecule has 0 spiro atoms. The highest BCUT2D eigenvalue weighted by Crippen LogP contribution is 2.18. The second-order valence-electron chi connectivity index (χ2n) is 5.98. The van der Waals surface area contributed by atoms with Crippen LogP contribution in [0.25, 0.3) is 0 Å². The fraction of sp³-hybridized carbons (Fsp3) is 1.00. The lowest BCUT2D eigenvalue weighted by molar-refractivity contribution is 0.0571. The van der Waals surface area contributed by atoms with E-state index in [9.17, 15) is 0 Å². The molecule has 0 saturated carbocycles. The van der Waals surface area contributed by atoms with Crippen molar-refractivity contribution in [2.75, 3.05) is 39.3 Å². The van der Waals surface area contributed by atoms with Gasteiger partial charge < -0.3 is 5.32 Å². The van der Waals surface area contributed by atoms with E-state index in [1.54, 1.807) is 0 Å². The molecule has 3 atom stereocenters. The summed E-state index contributed by atoms with van der Waals surface area (Å²) in [4.78, 5) is 5.36. The van der Waals surface area contributed by atoms with Crippen LogP contribution >= 0.6 is 0 Å². The molecule has 1 N–H and O–H groups in total. The largest absolute Gasteiger partial charge is 0.315 e. The van der Waals surface area contributed by atoms with Crippen molar-refractivity contribution in [3.63, 3.8) is 0 Å². The second kappa shape index (κ2) is 6.17. The quantitative estimate of drug-likeness (QED) is 0.803. The van der Waals surface area contributed by atoms with Crippen LogP contribution in [0.5, 0.6) is 0 Å². The monoisotopic (exact) mass is 239 g/mol. The van der Waals surface area contributed by atoms with Crippen molar-refractivity contribution in [2.24, 2.45) is 5.92 Å². The summed E-state index contributed by atoms with van der Waals surface area (Å²) in [7, 11) is 0. The van der Waals surface area contributed by atoms with Crippen molar-refractivity contribution in [3.8, 4) is 0 Å². The Labute approximate surface area is 107 Å². The Morgan fingerprint density at radius 3 is 2.47 bits per heavy atom. The van der Waals surface area contributed by atoms with Crippen LogP contribution in [0.2, 0.25) is 0 Å². The van der Waals surface area contributed by atoms with Crippen LogP contribution in [0.3, 0.4) is 0 Å². The zero-order valence-electron chi connectivity index (χ0n) is 11.8. The third-order valence-electron chi connectivity index (χ3n) is 4.63. The first kappa shape index (κ1) is 13.3. The summed E-state index contributed by atoms with van der Waals surface area (Å²) < 4.78 is 0. The number of nitrogens with zero attached hydrogens (tertiary/aromatic N) is 2. The summed E-state index contributed by atoms with van der Waals surface area (Å²) in [6.07, 6.45) is 2.67. The fourth-order valence-corrected chi connectivity index (χ4v) is 3.21. The van der Waals surface area contributed by atoms with Gasteiger partial charge in [0.25, 0.3) is 0 Å². The molecule has 17 heavy (non-hydrogen) atoms. The highest BCUT2D eigenvalue weighted by molar-refractivity contribution is 4.85. The summed E-state index contributed by atoms with van der Waals surface area (Å²) in [6.45, 7) is 14.5. The van der Waals surface area contributed by atoms with E-state index >= 15 is 0 Å². The van der Waals surface area contributed by atoms with E-state index in [2.05, 4.69) is 35.9 Å². The average molecular weight is 239 g/mol. The Morgan fingerprint density at radius 2 is 1.88 bits per heavy atom. The molecule has 2 aliphatic rings. The average Bonchev–Trinajstić information content (AvgIpc) is 2.38. The van der Waals surface area contributed by atoms with Crippen LogP contribution in [0.15, 0.2) is 0 Å². The molecular weight excluding hydrogens is 210 g/mol. The van der Waals surface area contributed by atoms with Gasteiger partial charge in [0.15, 0.2) is 0 Å². The van der Waals surface area contributed by atoms with Crippen LogP contribution < -0.4 is 5.32 Å². The van der Waals surface area contributed by atoms with Crippen molar-refractivity contribution in [1.82, 2.24) is 15.1 Å². The van der Waals surface area contributed by atoms with E-state index in [0.717, 1.165) is 18.0 Å². The van der Waals surface area contributed by atoms with Gasteiger partial charge in [-0.05, 0) is 32.2 Å². The highest BCUT2D eigenvalue weighted by Gasteiger charge is 2.28. The third-order valence-corrected chi connectivity index (χ3v) is 4.63. The Hall–Kier alpha value is -0.120. The van der Waals surface area contributed by atoms with Gasteiger partial charge in [-0.3, -0.25) is 9.80 Å². The molecule has 0 aromatic rings. The minimum Gasteiger partial charge on any atom is -0.315 e. The van der Waals surface area contributed by atoms with Crippen molar-refractivity contribution >= 4 is 0 Å². The lowest BCUT2D eigenvalue weighted by Gasteiger charge is -2.43. The number of piperidine rings is 1. The maximum Gasteiger partial charge on any atom is 0.0224 e. The van der Waals surface area contributed by atoms with Crippen LogP contribution in [0.4, 0.5) is 0 Å². The van der Waals surface area contributed by atoms with Crippen LogP contribution in [0, 0.1) is 5.92 Å². The molecular formula is C14H29N3. The van der Waals surface area contributed by atoms with Crippen molar-refractivity contribution in [2.45, 2.75) is 45.7 Å². The Kier molecular flexibility index (Phi) is 4.83. The lowest BCUT2D eigenvalue weighted by atomic mass is 9.96. The molecule has 0 aromatic carbocycles. The van der Waals surface area contributed by atoms with E-state index < -0.39 is 0 Å². The van der Waals surface area contributed by atoms with Gasteiger partial charge in [-0.2, -0.15) is 0 Å². The maximum atomic E-state index is 3.57. The lowest BCUT2D eigenvalue weighted by Crippen LogP contribution is -2.56. The highest BCUT2D eigenvalue weighted by atomic mass is 15.3. The molecule has 2 fully saturated rings. The number of rotatable bonds is 3. The molecule has 3 unspecified atom stereocenters. The maximum absolute atomic E-state index is 3.57. The minimum atomic E-state index is 0.764. The Bertz CT molecular complexity index is 224. The number of piperazine rings is 1. The van der Waals surface area contributed by atoms with Gasteiger partial charge in [-0.25, -0.2) is 0 Å². The molecule has 0 aromatic heterocycles. The first-order chi connectivity index (χ1) is 8.20. The van der Waals surface area contributed by atoms with Gasteiger partial charge >= 0.3 is 0 Å². The molecule has 100 valence electrons. The molecule has 3 heteroatoms. The first-order valence-electron chi connectivity index (χ1n) is 7.39. The zero-order valence-corrected chi connectivity index (χ0v) is 11.8. The molecule has 0 radical (unpaired) electrons. The van der Waals surface area contributed by atoms with E-state index in [-0.39, 0.29) is 0 Å². The third kappa shape index (κ3) is 3.43. The number of hydrogen-bond donors (Lipinski definition) is 1. The molecule has 2 rings (SSSR count). The van der Waals surface area contributed by atoms with E-state index in [4.69, 9.17) is 0 Å². The van der Waals surface area contributed by atoms with Crippen molar-refractivity contribution in [1.29, 1.82) is 0 Å². The smallest absolute Gasteiger partial charge is 0.0224 e. The summed E-state index contributed by atoms with van der Waals surface area (Å²) in [5.74, 6) is 0.848. The van der Waals surface area contributed by atoms with Gasteiger partial charge in [0, 0.05) is 44.8 Å². The molecule has 0 amide bonds. The Balaban J connectivity index is 1.78. The van der Waals surface area contributed by atoms with E-state index in [1.807, 2.05) is 0 Å². The summed E-state index contributed by atoms with van der Waals surface area (Å²) in [5, 5.41) is 3.57. The summed E-state index contributed by atoms with van der Waals surface area (Å²) in [5.41, 5.74) is 0. The predicted molar refractivity (Wildman–Crippen MR) is 73.3 cm³/mol. The minimum absolute atomic E-state index is 0.764. The van der Waals surface area contributed by atoms with Gasteiger partial charge in [0.2, 0.25) is 0 Å². The van der Waals surface area contributed by atoms with Gasteiger partial charge in [-0.15, -0.1) is 0 Å². The summed E-state index contributed by atoms with van der Waals surface area (Å²) in [6, 6.07) is 1.55. The normalized spacial score (nSPS) is 34.8. The van der Waals surface area contributed by atoms with Crippen molar-refractivity contribution < 1.29 is 0 Å². The molecule has 2 aliphatic heterocycles. The molecule has 2 saturated heterocycles. The predicted octanol–water partition coefficient (Wildman–Crippen LogP) is 1.40. The number of hydrogen-bond acceptors (Lipinski definition) is 3. The molecule has 0 aliphatic carbocycles. The SMILES string of the molecule is CCC(C)N1CCN(C2CNCC(C)C2)CC1. The second-order valence-corrected chi connectivity index (χ2v) is 5.98. The molecule has 0 bridgehead atoms. The van der Waals surface area contributed by atoms with Crippen LogP contribution in [0.1, 0.15) is 33.6 Å².